The molecule has 0 radical (unpaired) electrons. The number of hydrogen-bond donors (Lipinski definition) is 1. The first kappa shape index (κ1) is 10.1. The van der Waals surface area contributed by atoms with Gasteiger partial charge in [-0.05, 0) is 12.5 Å². The van der Waals surface area contributed by atoms with Crippen molar-refractivity contribution in [3.05, 3.63) is 29.8 Å². The smallest absolute Gasteiger partial charge is 0.124 e. The monoisotopic (exact) mass is 180 g/mol. The minimum atomic E-state index is -0.402. The molecule has 0 saturated carbocycles. The predicted octanol–water partition coefficient (Wildman–Crippen LogP) is 2.53. The van der Waals surface area contributed by atoms with Crippen LogP contribution >= 0.6 is 0 Å². The zero-order chi connectivity index (χ0) is 9.68. The normalized spacial score (nSPS) is 12.5. The summed E-state index contributed by atoms with van der Waals surface area (Å²) < 4.78 is 5.15. The molecule has 0 amide bonds. The van der Waals surface area contributed by atoms with E-state index in [1.165, 1.54) is 0 Å². The zero-order valence-corrected chi connectivity index (χ0v) is 8.16. The highest BCUT2D eigenvalue weighted by molar-refractivity contribution is 5.34. The summed E-state index contributed by atoms with van der Waals surface area (Å²) in [5.41, 5.74) is 0.881. The molecule has 13 heavy (non-hydrogen) atoms. The van der Waals surface area contributed by atoms with Crippen LogP contribution in [-0.2, 0) is 0 Å². The van der Waals surface area contributed by atoms with Gasteiger partial charge in [0.2, 0.25) is 0 Å². The van der Waals surface area contributed by atoms with E-state index < -0.39 is 6.10 Å². The Morgan fingerprint density at radius 1 is 1.38 bits per heavy atom. The van der Waals surface area contributed by atoms with Gasteiger partial charge in [-0.15, -0.1) is 0 Å². The van der Waals surface area contributed by atoms with E-state index in [2.05, 4.69) is 6.92 Å². The van der Waals surface area contributed by atoms with Gasteiger partial charge in [0.15, 0.2) is 0 Å². The van der Waals surface area contributed by atoms with Gasteiger partial charge in [-0.3, -0.25) is 0 Å². The lowest BCUT2D eigenvalue weighted by molar-refractivity contribution is 0.162. The molecule has 2 nitrogen and oxygen atoms in total. The molecule has 0 heterocycles. The Kier molecular flexibility index (Phi) is 3.77. The van der Waals surface area contributed by atoms with Crippen molar-refractivity contribution in [1.82, 2.24) is 0 Å². The fourth-order valence-electron chi connectivity index (χ4n) is 1.37. The maximum atomic E-state index is 9.75. The molecule has 0 aliphatic rings. The van der Waals surface area contributed by atoms with Crippen LogP contribution in [0.15, 0.2) is 24.3 Å². The van der Waals surface area contributed by atoms with Crippen molar-refractivity contribution < 1.29 is 9.84 Å². The summed E-state index contributed by atoms with van der Waals surface area (Å²) in [6.45, 7) is 2.05. The van der Waals surface area contributed by atoms with Gasteiger partial charge in [0, 0.05) is 5.56 Å². The van der Waals surface area contributed by atoms with Crippen LogP contribution in [0.5, 0.6) is 5.75 Å². The molecule has 0 aliphatic carbocycles. The van der Waals surface area contributed by atoms with Crippen LogP contribution in [0.3, 0.4) is 0 Å². The lowest BCUT2D eigenvalue weighted by Gasteiger charge is -2.13. The Hall–Kier alpha value is -1.02. The van der Waals surface area contributed by atoms with E-state index in [9.17, 15) is 5.11 Å². The van der Waals surface area contributed by atoms with Crippen molar-refractivity contribution in [2.45, 2.75) is 25.9 Å². The van der Waals surface area contributed by atoms with Crippen LogP contribution in [0.4, 0.5) is 0 Å². The summed E-state index contributed by atoms with van der Waals surface area (Å²) in [6, 6.07) is 7.59. The molecular formula is C11H16O2. The summed E-state index contributed by atoms with van der Waals surface area (Å²) in [7, 11) is 1.62. The van der Waals surface area contributed by atoms with Gasteiger partial charge < -0.3 is 9.84 Å². The number of rotatable bonds is 4. The van der Waals surface area contributed by atoms with Crippen molar-refractivity contribution in [2.24, 2.45) is 0 Å². The minimum absolute atomic E-state index is 0.402. The molecule has 1 rings (SSSR count). The van der Waals surface area contributed by atoms with E-state index in [-0.39, 0.29) is 0 Å². The average Bonchev–Trinajstić information content (AvgIpc) is 2.18. The molecule has 72 valence electrons. The third-order valence-electron chi connectivity index (χ3n) is 2.06. The second-order valence-electron chi connectivity index (χ2n) is 3.05. The summed E-state index contributed by atoms with van der Waals surface area (Å²) in [6.07, 6.45) is 1.35. The number of aliphatic hydroxyl groups is 1. The average molecular weight is 180 g/mol. The van der Waals surface area contributed by atoms with E-state index in [4.69, 9.17) is 4.74 Å². The van der Waals surface area contributed by atoms with Crippen LogP contribution in [0.25, 0.3) is 0 Å². The van der Waals surface area contributed by atoms with Gasteiger partial charge in [-0.25, -0.2) is 0 Å². The lowest BCUT2D eigenvalue weighted by Crippen LogP contribution is -1.99. The highest BCUT2D eigenvalue weighted by Gasteiger charge is 2.10. The fraction of sp³-hybridized carbons (Fsp3) is 0.455. The molecule has 0 fully saturated rings. The summed E-state index contributed by atoms with van der Waals surface area (Å²) >= 11 is 0. The van der Waals surface area contributed by atoms with Gasteiger partial charge in [0.05, 0.1) is 13.2 Å². The SMILES string of the molecule is CCCC(O)c1ccccc1OC. The van der Waals surface area contributed by atoms with Crippen LogP contribution < -0.4 is 4.74 Å². The zero-order valence-electron chi connectivity index (χ0n) is 8.16. The Morgan fingerprint density at radius 2 is 2.08 bits per heavy atom. The molecule has 2 heteroatoms. The van der Waals surface area contributed by atoms with Gasteiger partial charge >= 0.3 is 0 Å². The van der Waals surface area contributed by atoms with Crippen molar-refractivity contribution in [3.8, 4) is 5.75 Å². The van der Waals surface area contributed by atoms with Gasteiger partial charge in [0.1, 0.15) is 5.75 Å². The Labute approximate surface area is 79.2 Å². The summed E-state index contributed by atoms with van der Waals surface area (Å²) in [4.78, 5) is 0. The van der Waals surface area contributed by atoms with Crippen molar-refractivity contribution in [2.75, 3.05) is 7.11 Å². The molecule has 0 saturated heterocycles. The number of methoxy groups -OCH3 is 1. The molecular weight excluding hydrogens is 164 g/mol. The van der Waals surface area contributed by atoms with Gasteiger partial charge in [0.25, 0.3) is 0 Å². The first-order chi connectivity index (χ1) is 6.29. The Morgan fingerprint density at radius 3 is 2.69 bits per heavy atom. The molecule has 1 atom stereocenters. The molecule has 1 unspecified atom stereocenters. The number of para-hydroxylation sites is 1. The molecule has 0 aliphatic heterocycles. The highest BCUT2D eigenvalue weighted by atomic mass is 16.5. The van der Waals surface area contributed by atoms with Crippen LogP contribution in [-0.4, -0.2) is 12.2 Å². The fourth-order valence-corrected chi connectivity index (χ4v) is 1.37. The largest absolute Gasteiger partial charge is 0.496 e. The van der Waals surface area contributed by atoms with Crippen LogP contribution in [0.2, 0.25) is 0 Å². The summed E-state index contributed by atoms with van der Waals surface area (Å²) in [5.74, 6) is 0.767. The molecule has 1 aromatic rings. The second-order valence-corrected chi connectivity index (χ2v) is 3.05. The van der Waals surface area contributed by atoms with E-state index >= 15 is 0 Å². The van der Waals surface area contributed by atoms with E-state index in [0.717, 1.165) is 24.2 Å². The Bertz CT molecular complexity index is 258. The Balaban J connectivity index is 2.85. The standard InChI is InChI=1S/C11H16O2/c1-3-6-10(12)9-7-4-5-8-11(9)13-2/h4-5,7-8,10,12H,3,6H2,1-2H3. The number of ether oxygens (including phenoxy) is 1. The lowest BCUT2D eigenvalue weighted by atomic mass is 10.0. The third kappa shape index (κ3) is 2.46. The number of aliphatic hydroxyl groups excluding tert-OH is 1. The van der Waals surface area contributed by atoms with Crippen LogP contribution in [0.1, 0.15) is 31.4 Å². The molecule has 0 aromatic heterocycles. The predicted molar refractivity (Wildman–Crippen MR) is 52.9 cm³/mol. The molecule has 0 bridgehead atoms. The summed E-state index contributed by atoms with van der Waals surface area (Å²) in [5, 5.41) is 9.75. The van der Waals surface area contributed by atoms with Crippen LogP contribution in [0, 0.1) is 0 Å². The first-order valence-corrected chi connectivity index (χ1v) is 4.60. The maximum Gasteiger partial charge on any atom is 0.124 e. The van der Waals surface area contributed by atoms with Gasteiger partial charge in [-0.2, -0.15) is 0 Å². The molecule has 1 N–H and O–H groups in total. The topological polar surface area (TPSA) is 29.5 Å². The van der Waals surface area contributed by atoms with E-state index in [0.29, 0.717) is 0 Å². The van der Waals surface area contributed by atoms with Crippen molar-refractivity contribution in [3.63, 3.8) is 0 Å². The highest BCUT2D eigenvalue weighted by Crippen LogP contribution is 2.27. The first-order valence-electron chi connectivity index (χ1n) is 4.60. The number of hydrogen-bond acceptors (Lipinski definition) is 2. The van der Waals surface area contributed by atoms with Crippen molar-refractivity contribution in [1.29, 1.82) is 0 Å². The number of benzene rings is 1. The third-order valence-corrected chi connectivity index (χ3v) is 2.06. The second kappa shape index (κ2) is 4.87. The molecule has 0 spiro atoms. The maximum absolute atomic E-state index is 9.75. The van der Waals surface area contributed by atoms with Crippen molar-refractivity contribution >= 4 is 0 Å². The minimum Gasteiger partial charge on any atom is -0.496 e. The van der Waals surface area contributed by atoms with E-state index in [1.54, 1.807) is 7.11 Å². The van der Waals surface area contributed by atoms with E-state index in [1.807, 2.05) is 24.3 Å². The molecule has 1 aromatic carbocycles. The van der Waals surface area contributed by atoms with Gasteiger partial charge in [-0.1, -0.05) is 31.5 Å². The quantitative estimate of drug-likeness (QED) is 0.771.